The highest BCUT2D eigenvalue weighted by atomic mass is 35.5. The molecule has 0 saturated heterocycles. The summed E-state index contributed by atoms with van der Waals surface area (Å²) >= 11 is 9.73. The molecule has 0 aliphatic carbocycles. The molecule has 0 amide bonds. The third-order valence-electron chi connectivity index (χ3n) is 1.10. The second kappa shape index (κ2) is 6.23. The van der Waals surface area contributed by atoms with Gasteiger partial charge in [0.05, 0.1) is 10.6 Å². The summed E-state index contributed by atoms with van der Waals surface area (Å²) in [6, 6.07) is 6.33. The van der Waals surface area contributed by atoms with Crippen molar-refractivity contribution < 1.29 is 19.8 Å². The van der Waals surface area contributed by atoms with E-state index in [0.717, 1.165) is 0 Å². The second-order valence-corrected chi connectivity index (χ2v) is 2.77. The number of hydrogen-bond acceptors (Lipinski definition) is 2. The van der Waals surface area contributed by atoms with E-state index in [0.29, 0.717) is 0 Å². The topological polar surface area (TPSA) is 74.6 Å². The average molecular weight is 237 g/mol. The zero-order valence-corrected chi connectivity index (χ0v) is 8.29. The van der Waals surface area contributed by atoms with Crippen LogP contribution >= 0.6 is 23.2 Å². The normalized spacial score (nSPS) is 8.43. The molecule has 0 fully saturated rings. The van der Waals surface area contributed by atoms with Crippen molar-refractivity contribution in [2.45, 2.75) is 0 Å². The Morgan fingerprint density at radius 2 is 1.57 bits per heavy atom. The monoisotopic (exact) mass is 236 g/mol. The summed E-state index contributed by atoms with van der Waals surface area (Å²) in [6.07, 6.45) is 0. The lowest BCUT2D eigenvalue weighted by Crippen LogP contribution is -1.95. The molecular formula is C8H6Cl2O4. The maximum absolute atomic E-state index is 10.3. The minimum atomic E-state index is -1.36. The first-order valence-electron chi connectivity index (χ1n) is 3.31. The van der Waals surface area contributed by atoms with Gasteiger partial charge in [-0.15, -0.1) is 0 Å². The van der Waals surface area contributed by atoms with Gasteiger partial charge in [-0.25, -0.2) is 9.59 Å². The van der Waals surface area contributed by atoms with Gasteiger partial charge < -0.3 is 10.2 Å². The van der Waals surface area contributed by atoms with Gasteiger partial charge in [0.1, 0.15) is 0 Å². The van der Waals surface area contributed by atoms with Gasteiger partial charge in [0, 0.05) is 11.6 Å². The quantitative estimate of drug-likeness (QED) is 0.736. The van der Waals surface area contributed by atoms with Crippen molar-refractivity contribution in [1.29, 1.82) is 0 Å². The Bertz CT molecular complexity index is 334. The fourth-order valence-electron chi connectivity index (χ4n) is 0.635. The first kappa shape index (κ1) is 12.7. The van der Waals surface area contributed by atoms with Crippen LogP contribution in [0.25, 0.3) is 0 Å². The van der Waals surface area contributed by atoms with E-state index in [2.05, 4.69) is 11.6 Å². The van der Waals surface area contributed by atoms with Gasteiger partial charge in [-0.2, -0.15) is 0 Å². The van der Waals surface area contributed by atoms with Crippen LogP contribution in [0.3, 0.4) is 0 Å². The van der Waals surface area contributed by atoms with Gasteiger partial charge in [0.25, 0.3) is 0 Å². The molecule has 0 bridgehead atoms. The fraction of sp³-hybridized carbons (Fsp3) is 0. The van der Waals surface area contributed by atoms with E-state index < -0.39 is 11.4 Å². The SMILES string of the molecule is O=C(O)Cl.O=C(O)c1ccccc1Cl. The molecule has 0 saturated carbocycles. The summed E-state index contributed by atoms with van der Waals surface area (Å²) < 4.78 is 0. The summed E-state index contributed by atoms with van der Waals surface area (Å²) in [7, 11) is 0. The molecule has 0 radical (unpaired) electrons. The smallest absolute Gasteiger partial charge is 0.401 e. The highest BCUT2D eigenvalue weighted by Crippen LogP contribution is 2.13. The summed E-state index contributed by atoms with van der Waals surface area (Å²) in [6.45, 7) is 0. The van der Waals surface area contributed by atoms with Crippen LogP contribution in [0.1, 0.15) is 10.4 Å². The molecule has 0 aliphatic heterocycles. The number of halogens is 2. The first-order valence-corrected chi connectivity index (χ1v) is 4.07. The number of carboxylic acid groups (broad SMARTS) is 2. The number of rotatable bonds is 1. The minimum absolute atomic E-state index is 0.143. The van der Waals surface area contributed by atoms with Gasteiger partial charge in [-0.3, -0.25) is 0 Å². The molecule has 0 aliphatic rings. The molecule has 14 heavy (non-hydrogen) atoms. The van der Waals surface area contributed by atoms with E-state index in [1.807, 2.05) is 0 Å². The predicted molar refractivity (Wildman–Crippen MR) is 52.3 cm³/mol. The van der Waals surface area contributed by atoms with E-state index in [4.69, 9.17) is 26.6 Å². The third-order valence-corrected chi connectivity index (χ3v) is 1.43. The van der Waals surface area contributed by atoms with Crippen LogP contribution in [-0.4, -0.2) is 21.6 Å². The Hall–Kier alpha value is -1.26. The summed E-state index contributed by atoms with van der Waals surface area (Å²) in [5, 5.41) is 15.9. The summed E-state index contributed by atoms with van der Waals surface area (Å²) in [4.78, 5) is 19.1. The largest absolute Gasteiger partial charge is 0.478 e. The molecule has 1 aromatic carbocycles. The van der Waals surface area contributed by atoms with Crippen LogP contribution < -0.4 is 0 Å². The predicted octanol–water partition coefficient (Wildman–Crippen LogP) is 2.94. The summed E-state index contributed by atoms with van der Waals surface area (Å²) in [5.41, 5.74) is -1.22. The second-order valence-electron chi connectivity index (χ2n) is 2.04. The van der Waals surface area contributed by atoms with Crippen molar-refractivity contribution in [2.24, 2.45) is 0 Å². The number of carboxylic acids is 1. The molecular weight excluding hydrogens is 231 g/mol. The van der Waals surface area contributed by atoms with Gasteiger partial charge >= 0.3 is 11.4 Å². The Morgan fingerprint density at radius 3 is 1.86 bits per heavy atom. The van der Waals surface area contributed by atoms with Crippen molar-refractivity contribution in [3.05, 3.63) is 34.9 Å². The maximum atomic E-state index is 10.3. The average Bonchev–Trinajstić information content (AvgIpc) is 2.03. The van der Waals surface area contributed by atoms with E-state index >= 15 is 0 Å². The van der Waals surface area contributed by atoms with Crippen LogP contribution in [0.4, 0.5) is 4.79 Å². The highest BCUT2D eigenvalue weighted by Gasteiger charge is 2.04. The highest BCUT2D eigenvalue weighted by molar-refractivity contribution is 6.60. The lowest BCUT2D eigenvalue weighted by molar-refractivity contribution is 0.0697. The molecule has 6 heteroatoms. The van der Waals surface area contributed by atoms with Crippen molar-refractivity contribution in [3.63, 3.8) is 0 Å². The summed E-state index contributed by atoms with van der Waals surface area (Å²) in [5.74, 6) is -0.995. The standard InChI is InChI=1S/C7H5ClO2.CHClO2/c8-6-4-2-1-3-5(6)7(9)10;2-1(3)4/h1-4H,(H,9,10);(H,3,4). The van der Waals surface area contributed by atoms with Crippen LogP contribution in [-0.2, 0) is 0 Å². The minimum Gasteiger partial charge on any atom is -0.478 e. The lowest BCUT2D eigenvalue weighted by Gasteiger charge is -1.94. The lowest BCUT2D eigenvalue weighted by atomic mass is 10.2. The van der Waals surface area contributed by atoms with Crippen molar-refractivity contribution >= 4 is 34.6 Å². The van der Waals surface area contributed by atoms with E-state index in [-0.39, 0.29) is 10.6 Å². The van der Waals surface area contributed by atoms with Gasteiger partial charge in [-0.1, -0.05) is 23.7 Å². The third kappa shape index (κ3) is 5.40. The molecule has 0 unspecified atom stereocenters. The van der Waals surface area contributed by atoms with Crippen molar-refractivity contribution in [1.82, 2.24) is 0 Å². The van der Waals surface area contributed by atoms with Crippen molar-refractivity contribution in [2.75, 3.05) is 0 Å². The fourth-order valence-corrected chi connectivity index (χ4v) is 0.851. The van der Waals surface area contributed by atoms with Crippen molar-refractivity contribution in [3.8, 4) is 0 Å². The van der Waals surface area contributed by atoms with Gasteiger partial charge in [-0.05, 0) is 12.1 Å². The molecule has 0 spiro atoms. The Kier molecular flexibility index (Phi) is 5.67. The molecule has 0 heterocycles. The zero-order valence-electron chi connectivity index (χ0n) is 6.78. The molecule has 76 valence electrons. The Balaban J connectivity index is 0.000000364. The van der Waals surface area contributed by atoms with Crippen LogP contribution in [0.15, 0.2) is 24.3 Å². The number of carbonyl (C=O) groups is 2. The molecule has 1 aromatic rings. The number of hydrogen-bond donors (Lipinski definition) is 2. The Morgan fingerprint density at radius 1 is 1.14 bits per heavy atom. The molecule has 0 atom stereocenters. The first-order chi connectivity index (χ1) is 6.45. The van der Waals surface area contributed by atoms with E-state index in [1.54, 1.807) is 18.2 Å². The van der Waals surface area contributed by atoms with E-state index in [1.165, 1.54) is 6.07 Å². The zero-order chi connectivity index (χ0) is 11.1. The van der Waals surface area contributed by atoms with Crippen LogP contribution in [0, 0.1) is 0 Å². The molecule has 0 aromatic heterocycles. The van der Waals surface area contributed by atoms with Gasteiger partial charge in [0.2, 0.25) is 0 Å². The number of benzene rings is 1. The van der Waals surface area contributed by atoms with E-state index in [9.17, 15) is 4.79 Å². The van der Waals surface area contributed by atoms with Gasteiger partial charge in [0.15, 0.2) is 0 Å². The van der Waals surface area contributed by atoms with Crippen LogP contribution in [0.2, 0.25) is 5.02 Å². The Labute approximate surface area is 89.7 Å². The molecule has 1 rings (SSSR count). The van der Waals surface area contributed by atoms with Crippen LogP contribution in [0.5, 0.6) is 0 Å². The number of aromatic carboxylic acids is 1. The molecule has 4 nitrogen and oxygen atoms in total. The molecule has 2 N–H and O–H groups in total. The maximum Gasteiger partial charge on any atom is 0.401 e.